The lowest BCUT2D eigenvalue weighted by Gasteiger charge is -2.33. The van der Waals surface area contributed by atoms with Crippen LogP contribution in [-0.2, 0) is 11.3 Å². The Morgan fingerprint density at radius 1 is 1.24 bits per heavy atom. The Hall–Kier alpha value is -3.07. The molecule has 0 spiro atoms. The zero-order valence-corrected chi connectivity index (χ0v) is 19.8. The van der Waals surface area contributed by atoms with E-state index in [0.29, 0.717) is 17.7 Å². The predicted octanol–water partition coefficient (Wildman–Crippen LogP) is 3.72. The third-order valence-electron chi connectivity index (χ3n) is 6.75. The van der Waals surface area contributed by atoms with Gasteiger partial charge in [-0.3, -0.25) is 4.79 Å². The van der Waals surface area contributed by atoms with Crippen molar-refractivity contribution in [2.75, 3.05) is 19.6 Å². The van der Waals surface area contributed by atoms with E-state index in [9.17, 15) is 14.7 Å². The van der Waals surface area contributed by atoms with Crippen molar-refractivity contribution in [2.24, 2.45) is 0 Å². The summed E-state index contributed by atoms with van der Waals surface area (Å²) in [5, 5.41) is 16.9. The maximum atomic E-state index is 12.7. The van der Waals surface area contributed by atoms with Crippen LogP contribution >= 0.6 is 11.3 Å². The number of likely N-dealkylation sites (tertiary alicyclic amines) is 1. The zero-order chi connectivity index (χ0) is 23.7. The zero-order valence-electron chi connectivity index (χ0n) is 19.0. The van der Waals surface area contributed by atoms with E-state index in [0.717, 1.165) is 53.2 Å². The summed E-state index contributed by atoms with van der Waals surface area (Å²) in [6.45, 7) is 4.34. The second kappa shape index (κ2) is 9.66. The quantitative estimate of drug-likeness (QED) is 0.526. The number of aliphatic hydroxyl groups excluding tert-OH is 1. The number of nitrogens with one attached hydrogen (secondary N) is 1. The van der Waals surface area contributed by atoms with Crippen molar-refractivity contribution >= 4 is 23.2 Å². The van der Waals surface area contributed by atoms with Crippen LogP contribution in [-0.4, -0.2) is 52.5 Å². The molecule has 0 saturated carbocycles. The summed E-state index contributed by atoms with van der Waals surface area (Å²) in [7, 11) is 0. The molecule has 0 bridgehead atoms. The van der Waals surface area contributed by atoms with Crippen LogP contribution in [0, 0.1) is 6.92 Å². The van der Waals surface area contributed by atoms with Gasteiger partial charge in [0, 0.05) is 53.9 Å². The van der Waals surface area contributed by atoms with E-state index in [1.165, 1.54) is 0 Å². The number of thiazole rings is 1. The van der Waals surface area contributed by atoms with Crippen LogP contribution in [0.15, 0.2) is 48.0 Å². The van der Waals surface area contributed by atoms with Crippen LogP contribution in [0.5, 0.6) is 0 Å². The average Bonchev–Trinajstić information content (AvgIpc) is 3.51. The molecule has 5 rings (SSSR count). The van der Waals surface area contributed by atoms with E-state index in [2.05, 4.69) is 15.2 Å². The third kappa shape index (κ3) is 4.61. The molecule has 1 amide bonds. The number of aliphatic hydroxyl groups is 1. The highest BCUT2D eigenvalue weighted by Gasteiger charge is 2.27. The molecule has 0 radical (unpaired) electrons. The molecule has 1 aromatic heterocycles. The number of amides is 1. The number of fused-ring (bicyclic) bond motifs is 1. The third-order valence-corrected chi connectivity index (χ3v) is 7.57. The molecular formula is C26H27N3O4S. The van der Waals surface area contributed by atoms with Crippen LogP contribution in [0.2, 0.25) is 0 Å². The summed E-state index contributed by atoms with van der Waals surface area (Å²) in [6.07, 6.45) is 2.81. The summed E-state index contributed by atoms with van der Waals surface area (Å²) in [6, 6.07) is 11.2. The Morgan fingerprint density at radius 2 is 2.00 bits per heavy atom. The SMILES string of the molecule is Cc1c(C(O)CN2CCC(NC(=O)c3ccc(-c4nccs4)cc3)CC2)ccc2c1COC2=O. The maximum absolute atomic E-state index is 12.7. The van der Waals surface area contributed by atoms with Gasteiger partial charge >= 0.3 is 5.97 Å². The number of aromatic nitrogens is 1. The fourth-order valence-electron chi connectivity index (χ4n) is 4.73. The van der Waals surface area contributed by atoms with Gasteiger partial charge < -0.3 is 20.1 Å². The van der Waals surface area contributed by atoms with Gasteiger partial charge in [-0.1, -0.05) is 18.2 Å². The minimum atomic E-state index is -0.636. The largest absolute Gasteiger partial charge is 0.457 e. The number of β-amino-alcohol motifs (C(OH)–C–C–N with tert-alkyl or cyclic N) is 1. The number of hydrogen-bond acceptors (Lipinski definition) is 7. The first kappa shape index (κ1) is 22.7. The molecule has 2 aliphatic rings. The van der Waals surface area contributed by atoms with E-state index in [-0.39, 0.29) is 24.5 Å². The highest BCUT2D eigenvalue weighted by atomic mass is 32.1. The van der Waals surface area contributed by atoms with Gasteiger partial charge in [-0.25, -0.2) is 9.78 Å². The molecule has 34 heavy (non-hydrogen) atoms. The maximum Gasteiger partial charge on any atom is 0.338 e. The highest BCUT2D eigenvalue weighted by molar-refractivity contribution is 7.13. The summed E-state index contributed by atoms with van der Waals surface area (Å²) in [5.41, 5.74) is 4.90. The normalized spacial score (nSPS) is 17.3. The first-order chi connectivity index (χ1) is 16.5. The topological polar surface area (TPSA) is 91.8 Å². The van der Waals surface area contributed by atoms with E-state index < -0.39 is 6.10 Å². The van der Waals surface area contributed by atoms with E-state index in [1.54, 1.807) is 23.6 Å². The standard InChI is InChI=1S/C26H27N3O4S/c1-16-20(6-7-21-22(16)15-33-26(21)32)23(30)14-29-11-8-19(9-12-29)28-24(31)17-2-4-18(5-3-17)25-27-10-13-34-25/h2-7,10,13,19,23,30H,8-9,11-12,14-15H2,1H3,(H,28,31). The smallest absolute Gasteiger partial charge is 0.338 e. The van der Waals surface area contributed by atoms with E-state index in [4.69, 9.17) is 4.74 Å². The first-order valence-electron chi connectivity index (χ1n) is 11.5. The van der Waals surface area contributed by atoms with E-state index in [1.807, 2.05) is 42.6 Å². The molecule has 1 unspecified atom stereocenters. The number of piperidine rings is 1. The second-order valence-corrected chi connectivity index (χ2v) is 9.76. The highest BCUT2D eigenvalue weighted by Crippen LogP contribution is 2.30. The molecule has 1 fully saturated rings. The fraction of sp³-hybridized carbons (Fsp3) is 0.346. The van der Waals surface area contributed by atoms with Crippen LogP contribution in [0.1, 0.15) is 56.4 Å². The predicted molar refractivity (Wildman–Crippen MR) is 130 cm³/mol. The van der Waals surface area contributed by atoms with Crippen LogP contribution in [0.4, 0.5) is 0 Å². The minimum Gasteiger partial charge on any atom is -0.457 e. The Morgan fingerprint density at radius 3 is 2.71 bits per heavy atom. The monoisotopic (exact) mass is 477 g/mol. The van der Waals surface area contributed by atoms with Crippen molar-refractivity contribution < 1.29 is 19.4 Å². The number of nitrogens with zero attached hydrogens (tertiary/aromatic N) is 2. The lowest BCUT2D eigenvalue weighted by molar-refractivity contribution is 0.0534. The number of ether oxygens (including phenoxy) is 1. The molecule has 0 aliphatic carbocycles. The molecule has 1 atom stereocenters. The lowest BCUT2D eigenvalue weighted by Crippen LogP contribution is -2.45. The van der Waals surface area contributed by atoms with Crippen molar-refractivity contribution in [3.05, 3.63) is 75.8 Å². The second-order valence-electron chi connectivity index (χ2n) is 8.86. The number of hydrogen-bond donors (Lipinski definition) is 2. The number of rotatable bonds is 6. The molecule has 3 heterocycles. The molecule has 3 aromatic rings. The Labute approximate surface area is 202 Å². The van der Waals surface area contributed by atoms with Gasteiger partial charge in [0.25, 0.3) is 5.91 Å². The van der Waals surface area contributed by atoms with Crippen LogP contribution in [0.3, 0.4) is 0 Å². The lowest BCUT2D eigenvalue weighted by atomic mass is 9.94. The molecule has 8 heteroatoms. The summed E-state index contributed by atoms with van der Waals surface area (Å²) < 4.78 is 5.12. The van der Waals surface area contributed by atoms with Crippen molar-refractivity contribution in [1.82, 2.24) is 15.2 Å². The molecule has 2 aliphatic heterocycles. The Bertz CT molecular complexity index is 1190. The number of benzene rings is 2. The van der Waals surface area contributed by atoms with Gasteiger partial charge in [-0.05, 0) is 49.1 Å². The van der Waals surface area contributed by atoms with E-state index >= 15 is 0 Å². The summed E-state index contributed by atoms with van der Waals surface area (Å²) in [4.78, 5) is 31.0. The fourth-order valence-corrected chi connectivity index (χ4v) is 5.37. The van der Waals surface area contributed by atoms with Gasteiger partial charge in [-0.15, -0.1) is 11.3 Å². The van der Waals surface area contributed by atoms with Crippen LogP contribution in [0.25, 0.3) is 10.6 Å². The van der Waals surface area contributed by atoms with Gasteiger partial charge in [0.2, 0.25) is 0 Å². The number of carbonyl (C=O) groups excluding carboxylic acids is 2. The molecular weight excluding hydrogens is 450 g/mol. The number of cyclic esters (lactones) is 1. The first-order valence-corrected chi connectivity index (χ1v) is 12.4. The van der Waals surface area contributed by atoms with Crippen molar-refractivity contribution in [2.45, 2.75) is 38.5 Å². The van der Waals surface area contributed by atoms with Gasteiger partial charge in [0.15, 0.2) is 0 Å². The molecule has 2 N–H and O–H groups in total. The molecule has 7 nitrogen and oxygen atoms in total. The Kier molecular flexibility index (Phi) is 6.45. The molecule has 1 saturated heterocycles. The van der Waals surface area contributed by atoms with Crippen molar-refractivity contribution in [1.29, 1.82) is 0 Å². The Balaban J connectivity index is 1.13. The summed E-state index contributed by atoms with van der Waals surface area (Å²) >= 11 is 1.57. The van der Waals surface area contributed by atoms with Gasteiger partial charge in [0.1, 0.15) is 11.6 Å². The van der Waals surface area contributed by atoms with Gasteiger partial charge in [-0.2, -0.15) is 0 Å². The number of carbonyl (C=O) groups is 2. The molecule has 176 valence electrons. The molecule has 2 aromatic carbocycles. The van der Waals surface area contributed by atoms with Crippen molar-refractivity contribution in [3.8, 4) is 10.6 Å². The van der Waals surface area contributed by atoms with Gasteiger partial charge in [0.05, 0.1) is 11.7 Å². The minimum absolute atomic E-state index is 0.0605. The average molecular weight is 478 g/mol. The summed E-state index contributed by atoms with van der Waals surface area (Å²) in [5.74, 6) is -0.353. The van der Waals surface area contributed by atoms with Crippen LogP contribution < -0.4 is 5.32 Å². The number of esters is 1. The van der Waals surface area contributed by atoms with Crippen molar-refractivity contribution in [3.63, 3.8) is 0 Å².